The average Bonchev–Trinajstić information content (AvgIpc) is 2.15. The van der Waals surface area contributed by atoms with Crippen molar-refractivity contribution in [1.29, 1.82) is 0 Å². The standard InChI is InChI=1S/C9H13NO3S/c1-10-7-4-8(13-2)6-9(5-7)14(3,11)12/h4-6,10H,1-3H3. The molecule has 0 aliphatic heterocycles. The first-order valence-corrected chi connectivity index (χ1v) is 5.93. The van der Waals surface area contributed by atoms with Crippen molar-refractivity contribution in [3.05, 3.63) is 18.2 Å². The molecule has 0 saturated heterocycles. The Labute approximate surface area is 83.8 Å². The lowest BCUT2D eigenvalue weighted by atomic mass is 10.3. The van der Waals surface area contributed by atoms with E-state index in [2.05, 4.69) is 5.32 Å². The molecule has 0 unspecified atom stereocenters. The molecule has 1 aromatic rings. The van der Waals surface area contributed by atoms with Gasteiger partial charge in [0.05, 0.1) is 12.0 Å². The van der Waals surface area contributed by atoms with E-state index in [0.717, 1.165) is 0 Å². The minimum Gasteiger partial charge on any atom is -0.497 e. The molecular formula is C9H13NO3S. The number of nitrogens with one attached hydrogen (secondary N) is 1. The van der Waals surface area contributed by atoms with Crippen LogP contribution in [0.4, 0.5) is 5.69 Å². The summed E-state index contributed by atoms with van der Waals surface area (Å²) in [7, 11) is 0.0359. The lowest BCUT2D eigenvalue weighted by Gasteiger charge is -2.07. The molecule has 1 N–H and O–H groups in total. The molecule has 0 atom stereocenters. The van der Waals surface area contributed by atoms with E-state index in [-0.39, 0.29) is 4.90 Å². The van der Waals surface area contributed by atoms with E-state index >= 15 is 0 Å². The molecule has 0 spiro atoms. The Morgan fingerprint density at radius 3 is 2.36 bits per heavy atom. The number of hydrogen-bond acceptors (Lipinski definition) is 4. The molecule has 0 bridgehead atoms. The summed E-state index contributed by atoms with van der Waals surface area (Å²) in [6.45, 7) is 0. The van der Waals surface area contributed by atoms with Gasteiger partial charge in [-0.3, -0.25) is 0 Å². The predicted molar refractivity (Wildman–Crippen MR) is 55.7 cm³/mol. The van der Waals surface area contributed by atoms with Gasteiger partial charge in [0.15, 0.2) is 9.84 Å². The fourth-order valence-electron chi connectivity index (χ4n) is 1.05. The number of benzene rings is 1. The van der Waals surface area contributed by atoms with Gasteiger partial charge in [0.25, 0.3) is 0 Å². The molecule has 0 heterocycles. The van der Waals surface area contributed by atoms with Crippen molar-refractivity contribution in [1.82, 2.24) is 0 Å². The van der Waals surface area contributed by atoms with Gasteiger partial charge in [-0.2, -0.15) is 0 Å². The number of hydrogen-bond donors (Lipinski definition) is 1. The molecule has 5 heteroatoms. The second-order valence-electron chi connectivity index (χ2n) is 2.92. The number of anilines is 1. The van der Waals surface area contributed by atoms with Crippen LogP contribution >= 0.6 is 0 Å². The second kappa shape index (κ2) is 3.88. The highest BCUT2D eigenvalue weighted by Crippen LogP contribution is 2.23. The molecule has 0 amide bonds. The van der Waals surface area contributed by atoms with Crippen molar-refractivity contribution < 1.29 is 13.2 Å². The minimum absolute atomic E-state index is 0.251. The van der Waals surface area contributed by atoms with Gasteiger partial charge in [0.1, 0.15) is 5.75 Å². The second-order valence-corrected chi connectivity index (χ2v) is 4.94. The van der Waals surface area contributed by atoms with Gasteiger partial charge in [0, 0.05) is 25.1 Å². The minimum atomic E-state index is -3.19. The Kier molecular flexibility index (Phi) is 3.00. The Bertz CT molecular complexity index is 403. The van der Waals surface area contributed by atoms with E-state index in [1.54, 1.807) is 19.2 Å². The summed E-state index contributed by atoms with van der Waals surface area (Å²) in [5, 5.41) is 2.87. The molecule has 0 aromatic heterocycles. The molecule has 14 heavy (non-hydrogen) atoms. The normalized spacial score (nSPS) is 11.1. The monoisotopic (exact) mass is 215 g/mol. The summed E-state index contributed by atoms with van der Waals surface area (Å²) >= 11 is 0. The van der Waals surface area contributed by atoms with Crippen LogP contribution in [-0.4, -0.2) is 28.8 Å². The van der Waals surface area contributed by atoms with E-state index in [4.69, 9.17) is 4.74 Å². The zero-order chi connectivity index (χ0) is 10.8. The first kappa shape index (κ1) is 10.8. The van der Waals surface area contributed by atoms with E-state index in [0.29, 0.717) is 11.4 Å². The smallest absolute Gasteiger partial charge is 0.175 e. The van der Waals surface area contributed by atoms with Gasteiger partial charge in [-0.1, -0.05) is 0 Å². The largest absolute Gasteiger partial charge is 0.497 e. The fraction of sp³-hybridized carbons (Fsp3) is 0.333. The molecule has 78 valence electrons. The topological polar surface area (TPSA) is 55.4 Å². The van der Waals surface area contributed by atoms with Crippen molar-refractivity contribution in [2.24, 2.45) is 0 Å². The van der Waals surface area contributed by atoms with Crippen molar-refractivity contribution >= 4 is 15.5 Å². The highest BCUT2D eigenvalue weighted by Gasteiger charge is 2.09. The third kappa shape index (κ3) is 2.38. The first-order valence-electron chi connectivity index (χ1n) is 4.04. The van der Waals surface area contributed by atoms with Crippen LogP contribution in [0.1, 0.15) is 0 Å². The van der Waals surface area contributed by atoms with E-state index in [9.17, 15) is 8.42 Å². The van der Waals surface area contributed by atoms with Crippen LogP contribution in [0.15, 0.2) is 23.1 Å². The number of methoxy groups -OCH3 is 1. The van der Waals surface area contributed by atoms with Gasteiger partial charge in [-0.05, 0) is 12.1 Å². The first-order chi connectivity index (χ1) is 6.47. The average molecular weight is 215 g/mol. The number of ether oxygens (including phenoxy) is 1. The highest BCUT2D eigenvalue weighted by molar-refractivity contribution is 7.90. The SMILES string of the molecule is CNc1cc(OC)cc(S(C)(=O)=O)c1. The predicted octanol–water partition coefficient (Wildman–Crippen LogP) is 1.14. The Hall–Kier alpha value is -1.23. The van der Waals surface area contributed by atoms with Gasteiger partial charge < -0.3 is 10.1 Å². The van der Waals surface area contributed by atoms with Crippen LogP contribution in [0, 0.1) is 0 Å². The highest BCUT2D eigenvalue weighted by atomic mass is 32.2. The molecule has 1 aromatic carbocycles. The maximum atomic E-state index is 11.3. The summed E-state index contributed by atoms with van der Waals surface area (Å²) < 4.78 is 27.6. The quantitative estimate of drug-likeness (QED) is 0.821. The third-order valence-electron chi connectivity index (χ3n) is 1.83. The van der Waals surface area contributed by atoms with Gasteiger partial charge in [-0.25, -0.2) is 8.42 Å². The van der Waals surface area contributed by atoms with Gasteiger partial charge in [-0.15, -0.1) is 0 Å². The zero-order valence-electron chi connectivity index (χ0n) is 8.37. The lowest BCUT2D eigenvalue weighted by molar-refractivity contribution is 0.413. The molecule has 0 radical (unpaired) electrons. The molecule has 0 aliphatic rings. The van der Waals surface area contributed by atoms with Crippen molar-refractivity contribution in [2.45, 2.75) is 4.90 Å². The molecule has 0 aliphatic carbocycles. The van der Waals surface area contributed by atoms with E-state index < -0.39 is 9.84 Å². The van der Waals surface area contributed by atoms with Crippen LogP contribution in [-0.2, 0) is 9.84 Å². The van der Waals surface area contributed by atoms with Gasteiger partial charge in [0.2, 0.25) is 0 Å². The maximum absolute atomic E-state index is 11.3. The third-order valence-corrected chi connectivity index (χ3v) is 2.92. The molecular weight excluding hydrogens is 202 g/mol. The zero-order valence-corrected chi connectivity index (χ0v) is 9.18. The molecule has 4 nitrogen and oxygen atoms in total. The van der Waals surface area contributed by atoms with E-state index in [1.807, 2.05) is 0 Å². The molecule has 1 rings (SSSR count). The summed E-state index contributed by atoms with van der Waals surface area (Å²) in [6, 6.07) is 4.79. The Balaban J connectivity index is 3.32. The molecule has 0 fully saturated rings. The lowest BCUT2D eigenvalue weighted by Crippen LogP contribution is -1.99. The summed E-state index contributed by atoms with van der Waals surface area (Å²) in [5.41, 5.74) is 0.713. The Morgan fingerprint density at radius 2 is 1.93 bits per heavy atom. The van der Waals surface area contributed by atoms with E-state index in [1.165, 1.54) is 19.4 Å². The van der Waals surface area contributed by atoms with Crippen LogP contribution < -0.4 is 10.1 Å². The van der Waals surface area contributed by atoms with Gasteiger partial charge >= 0.3 is 0 Å². The Morgan fingerprint density at radius 1 is 1.29 bits per heavy atom. The number of sulfone groups is 1. The van der Waals surface area contributed by atoms with Crippen molar-refractivity contribution in [2.75, 3.05) is 25.7 Å². The maximum Gasteiger partial charge on any atom is 0.175 e. The van der Waals surface area contributed by atoms with Crippen LogP contribution in [0.2, 0.25) is 0 Å². The summed E-state index contributed by atoms with van der Waals surface area (Å²) in [6.07, 6.45) is 1.17. The number of rotatable bonds is 3. The van der Waals surface area contributed by atoms with Crippen molar-refractivity contribution in [3.63, 3.8) is 0 Å². The van der Waals surface area contributed by atoms with Crippen LogP contribution in [0.3, 0.4) is 0 Å². The van der Waals surface area contributed by atoms with Crippen LogP contribution in [0.5, 0.6) is 5.75 Å². The fourth-order valence-corrected chi connectivity index (χ4v) is 1.72. The summed E-state index contributed by atoms with van der Waals surface area (Å²) in [5.74, 6) is 0.525. The molecule has 0 saturated carbocycles. The van der Waals surface area contributed by atoms with Crippen LogP contribution in [0.25, 0.3) is 0 Å². The van der Waals surface area contributed by atoms with Crippen molar-refractivity contribution in [3.8, 4) is 5.75 Å². The summed E-state index contributed by atoms with van der Waals surface area (Å²) in [4.78, 5) is 0.251.